The predicted molar refractivity (Wildman–Crippen MR) is 50.4 cm³/mol. The van der Waals surface area contributed by atoms with Gasteiger partial charge >= 0.3 is 0 Å². The van der Waals surface area contributed by atoms with Crippen LogP contribution in [0.4, 0.5) is 0 Å². The summed E-state index contributed by atoms with van der Waals surface area (Å²) in [6.07, 6.45) is 6.27. The molecule has 0 aromatic heterocycles. The van der Waals surface area contributed by atoms with Crippen LogP contribution in [-0.2, 0) is 0 Å². The lowest BCUT2D eigenvalue weighted by molar-refractivity contribution is -0.0778. The van der Waals surface area contributed by atoms with Crippen molar-refractivity contribution in [2.75, 3.05) is 0 Å². The molecule has 0 aromatic rings. The van der Waals surface area contributed by atoms with E-state index in [-0.39, 0.29) is 5.38 Å². The molecule has 0 heterocycles. The first-order valence-electron chi connectivity index (χ1n) is 4.88. The summed E-state index contributed by atoms with van der Waals surface area (Å²) in [5.41, 5.74) is -0.0880. The van der Waals surface area contributed by atoms with Crippen LogP contribution in [0.2, 0.25) is 0 Å². The monoisotopic (exact) mass is 188 g/mol. The van der Waals surface area contributed by atoms with Crippen LogP contribution in [0.25, 0.3) is 0 Å². The van der Waals surface area contributed by atoms with Gasteiger partial charge in [0.25, 0.3) is 0 Å². The van der Waals surface area contributed by atoms with Crippen LogP contribution in [0.3, 0.4) is 0 Å². The van der Waals surface area contributed by atoms with Gasteiger partial charge in [0.1, 0.15) is 0 Å². The number of halogens is 1. The Morgan fingerprint density at radius 2 is 2.08 bits per heavy atom. The van der Waals surface area contributed by atoms with Gasteiger partial charge in [-0.25, -0.2) is 0 Å². The second kappa shape index (κ2) is 2.62. The zero-order chi connectivity index (χ0) is 8.82. The molecule has 1 N–H and O–H groups in total. The molecule has 0 aromatic carbocycles. The zero-order valence-electron chi connectivity index (χ0n) is 7.65. The topological polar surface area (TPSA) is 20.2 Å². The van der Waals surface area contributed by atoms with Gasteiger partial charge in [0.2, 0.25) is 0 Å². The Labute approximate surface area is 79.1 Å². The minimum absolute atomic E-state index is 0.203. The Morgan fingerprint density at radius 3 is 2.75 bits per heavy atom. The van der Waals surface area contributed by atoms with Gasteiger partial charge in [-0.3, -0.25) is 0 Å². The van der Waals surface area contributed by atoms with Gasteiger partial charge in [-0.05, 0) is 37.5 Å². The molecule has 2 heteroatoms. The van der Waals surface area contributed by atoms with E-state index in [0.29, 0.717) is 5.41 Å². The third kappa shape index (κ3) is 1.49. The Kier molecular flexibility index (Phi) is 1.93. The normalized spacial score (nSPS) is 53.8. The number of aliphatic hydroxyl groups is 1. The molecule has 0 spiro atoms. The number of hydrogen-bond donors (Lipinski definition) is 1. The van der Waals surface area contributed by atoms with Crippen LogP contribution in [-0.4, -0.2) is 16.1 Å². The fourth-order valence-corrected chi connectivity index (χ4v) is 3.84. The number of fused-ring (bicyclic) bond motifs is 2. The minimum Gasteiger partial charge on any atom is -0.390 e. The van der Waals surface area contributed by atoms with Crippen molar-refractivity contribution in [1.29, 1.82) is 0 Å². The lowest BCUT2D eigenvalue weighted by Gasteiger charge is -2.49. The van der Waals surface area contributed by atoms with Gasteiger partial charge in [0.05, 0.1) is 5.60 Å². The Balaban J connectivity index is 2.19. The molecule has 0 aliphatic heterocycles. The van der Waals surface area contributed by atoms with Crippen molar-refractivity contribution in [3.8, 4) is 0 Å². The first-order chi connectivity index (χ1) is 5.52. The first-order valence-corrected chi connectivity index (χ1v) is 5.32. The number of hydrogen-bond acceptors (Lipinski definition) is 1. The quantitative estimate of drug-likeness (QED) is 0.580. The van der Waals surface area contributed by atoms with Crippen molar-refractivity contribution in [3.05, 3.63) is 0 Å². The van der Waals surface area contributed by atoms with Gasteiger partial charge < -0.3 is 5.11 Å². The molecule has 2 rings (SSSR count). The van der Waals surface area contributed by atoms with Gasteiger partial charge in [0, 0.05) is 5.38 Å². The second-order valence-electron chi connectivity index (χ2n) is 5.07. The summed E-state index contributed by atoms with van der Waals surface area (Å²) in [5, 5.41) is 10.4. The summed E-state index contributed by atoms with van der Waals surface area (Å²) in [7, 11) is 0. The van der Waals surface area contributed by atoms with E-state index in [1.807, 2.05) is 0 Å². The first kappa shape index (κ1) is 8.83. The van der Waals surface area contributed by atoms with Crippen LogP contribution in [0.1, 0.15) is 45.4 Å². The molecular formula is C10H17ClO. The Bertz CT molecular complexity index is 176. The van der Waals surface area contributed by atoms with Crippen LogP contribution < -0.4 is 0 Å². The number of alkyl halides is 1. The average molecular weight is 189 g/mol. The molecular weight excluding hydrogens is 172 g/mol. The molecule has 12 heavy (non-hydrogen) atoms. The van der Waals surface area contributed by atoms with Crippen LogP contribution in [0.5, 0.6) is 0 Å². The molecule has 70 valence electrons. The van der Waals surface area contributed by atoms with Crippen molar-refractivity contribution in [2.24, 2.45) is 5.41 Å². The van der Waals surface area contributed by atoms with E-state index in [2.05, 4.69) is 6.92 Å². The molecule has 0 saturated heterocycles. The molecule has 1 nitrogen and oxygen atoms in total. The Morgan fingerprint density at radius 1 is 1.33 bits per heavy atom. The van der Waals surface area contributed by atoms with Crippen molar-refractivity contribution in [2.45, 2.75) is 56.4 Å². The van der Waals surface area contributed by atoms with E-state index in [0.717, 1.165) is 25.7 Å². The highest BCUT2D eigenvalue weighted by Gasteiger charge is 2.47. The molecule has 2 fully saturated rings. The Hall–Kier alpha value is 0.250. The summed E-state index contributed by atoms with van der Waals surface area (Å²) >= 11 is 6.14. The smallest absolute Gasteiger partial charge is 0.0667 e. The second-order valence-corrected chi connectivity index (χ2v) is 5.69. The van der Waals surface area contributed by atoms with Gasteiger partial charge in [0.15, 0.2) is 0 Å². The van der Waals surface area contributed by atoms with Gasteiger partial charge in [-0.1, -0.05) is 13.3 Å². The maximum atomic E-state index is 10.2. The van der Waals surface area contributed by atoms with Crippen molar-refractivity contribution in [1.82, 2.24) is 0 Å². The van der Waals surface area contributed by atoms with Gasteiger partial charge in [-0.2, -0.15) is 0 Å². The maximum Gasteiger partial charge on any atom is 0.0667 e. The van der Waals surface area contributed by atoms with E-state index in [4.69, 9.17) is 11.6 Å². The van der Waals surface area contributed by atoms with Crippen molar-refractivity contribution >= 4 is 11.6 Å². The fourth-order valence-electron chi connectivity index (χ4n) is 3.18. The standard InChI is InChI=1S/C10H17ClO/c1-9-3-2-4-10(12,7-9)6-8(11)5-9/h8,12H,2-7H2,1H3/t8-,9-,10-/m1/s1. The predicted octanol–water partition coefficient (Wildman–Crippen LogP) is 2.70. The zero-order valence-corrected chi connectivity index (χ0v) is 8.40. The molecule has 2 aliphatic rings. The van der Waals surface area contributed by atoms with Crippen LogP contribution in [0.15, 0.2) is 0 Å². The van der Waals surface area contributed by atoms with E-state index >= 15 is 0 Å². The van der Waals surface area contributed by atoms with Crippen LogP contribution >= 0.6 is 11.6 Å². The molecule has 3 atom stereocenters. The molecule has 0 amide bonds. The highest BCUT2D eigenvalue weighted by molar-refractivity contribution is 6.20. The summed E-state index contributed by atoms with van der Waals surface area (Å²) in [6.45, 7) is 2.27. The highest BCUT2D eigenvalue weighted by atomic mass is 35.5. The average Bonchev–Trinajstić information content (AvgIpc) is 1.79. The molecule has 0 unspecified atom stereocenters. The number of rotatable bonds is 0. The molecule has 0 radical (unpaired) electrons. The van der Waals surface area contributed by atoms with E-state index in [1.165, 1.54) is 12.8 Å². The van der Waals surface area contributed by atoms with E-state index in [1.54, 1.807) is 0 Å². The minimum atomic E-state index is -0.419. The van der Waals surface area contributed by atoms with E-state index < -0.39 is 5.60 Å². The SMILES string of the molecule is C[C@@]12CCC[C@@](O)(C[C@H](Cl)C1)C2. The lowest BCUT2D eigenvalue weighted by atomic mass is 9.61. The molecule has 2 bridgehead atoms. The summed E-state index contributed by atoms with van der Waals surface area (Å²) in [5.74, 6) is 0. The van der Waals surface area contributed by atoms with E-state index in [9.17, 15) is 5.11 Å². The van der Waals surface area contributed by atoms with Gasteiger partial charge in [-0.15, -0.1) is 11.6 Å². The maximum absolute atomic E-state index is 10.2. The highest BCUT2D eigenvalue weighted by Crippen LogP contribution is 2.51. The van der Waals surface area contributed by atoms with Crippen molar-refractivity contribution < 1.29 is 5.11 Å². The third-order valence-corrected chi connectivity index (χ3v) is 3.80. The fraction of sp³-hybridized carbons (Fsp3) is 1.00. The summed E-state index contributed by atoms with van der Waals surface area (Å²) in [6, 6.07) is 0. The molecule has 2 saturated carbocycles. The summed E-state index contributed by atoms with van der Waals surface area (Å²) in [4.78, 5) is 0. The van der Waals surface area contributed by atoms with Crippen molar-refractivity contribution in [3.63, 3.8) is 0 Å². The summed E-state index contributed by atoms with van der Waals surface area (Å²) < 4.78 is 0. The lowest BCUT2D eigenvalue weighted by Crippen LogP contribution is -2.47. The largest absolute Gasteiger partial charge is 0.390 e. The third-order valence-electron chi connectivity index (χ3n) is 3.49. The van der Waals surface area contributed by atoms with Crippen LogP contribution in [0, 0.1) is 5.41 Å². The molecule has 2 aliphatic carbocycles.